The Labute approximate surface area is 132 Å². The molecule has 2 bridgehead atoms. The summed E-state index contributed by atoms with van der Waals surface area (Å²) in [5.41, 5.74) is 2.56. The van der Waals surface area contributed by atoms with Crippen LogP contribution in [0.25, 0.3) is 11.0 Å². The molecule has 2 fully saturated rings. The number of aromatic nitrogens is 2. The van der Waals surface area contributed by atoms with Gasteiger partial charge in [0.15, 0.2) is 0 Å². The van der Waals surface area contributed by atoms with E-state index in [0.717, 1.165) is 22.3 Å². The monoisotopic (exact) mass is 295 g/mol. The molecule has 114 valence electrons. The SMILES string of the molecule is [B]c1ccc2nc([C@@H]3[C@H]4CC[C@H](C4)N3OC(C)(C)C)[nH]c2c1. The maximum atomic E-state index is 6.27. The highest BCUT2D eigenvalue weighted by Gasteiger charge is 2.49. The summed E-state index contributed by atoms with van der Waals surface area (Å²) in [4.78, 5) is 14.5. The highest BCUT2D eigenvalue weighted by Crippen LogP contribution is 2.50. The molecule has 0 amide bonds. The van der Waals surface area contributed by atoms with E-state index >= 15 is 0 Å². The van der Waals surface area contributed by atoms with Crippen LogP contribution < -0.4 is 5.46 Å². The first-order valence-electron chi connectivity index (χ1n) is 8.13. The Morgan fingerprint density at radius 1 is 1.32 bits per heavy atom. The van der Waals surface area contributed by atoms with Crippen molar-refractivity contribution in [3.63, 3.8) is 0 Å². The van der Waals surface area contributed by atoms with Gasteiger partial charge in [0.25, 0.3) is 0 Å². The third kappa shape index (κ3) is 2.36. The molecule has 2 heterocycles. The zero-order valence-corrected chi connectivity index (χ0v) is 13.5. The van der Waals surface area contributed by atoms with Crippen LogP contribution in [-0.2, 0) is 4.84 Å². The van der Waals surface area contributed by atoms with Crippen LogP contribution >= 0.6 is 0 Å². The van der Waals surface area contributed by atoms with Gasteiger partial charge in [0.05, 0.1) is 22.7 Å². The smallest absolute Gasteiger partial charge is 0.127 e. The van der Waals surface area contributed by atoms with Gasteiger partial charge in [-0.05, 0) is 58.1 Å². The molecule has 1 aliphatic carbocycles. The second-order valence-corrected chi connectivity index (χ2v) is 7.63. The molecule has 1 aromatic heterocycles. The summed E-state index contributed by atoms with van der Waals surface area (Å²) in [6.45, 7) is 6.32. The molecular weight excluding hydrogens is 273 g/mol. The van der Waals surface area contributed by atoms with E-state index in [1.165, 1.54) is 19.3 Å². The molecule has 1 N–H and O–H groups in total. The fraction of sp³-hybridized carbons (Fsp3) is 0.588. The van der Waals surface area contributed by atoms with Gasteiger partial charge in [-0.15, -0.1) is 0 Å². The van der Waals surface area contributed by atoms with Crippen molar-refractivity contribution >= 4 is 24.3 Å². The lowest BCUT2D eigenvalue weighted by Gasteiger charge is -2.37. The third-order valence-electron chi connectivity index (χ3n) is 4.71. The average molecular weight is 295 g/mol. The lowest BCUT2D eigenvalue weighted by atomic mass is 9.96. The van der Waals surface area contributed by atoms with Gasteiger partial charge in [-0.25, -0.2) is 4.98 Å². The van der Waals surface area contributed by atoms with E-state index in [-0.39, 0.29) is 11.6 Å². The number of hydroxylamine groups is 2. The van der Waals surface area contributed by atoms with Crippen molar-refractivity contribution in [2.75, 3.05) is 0 Å². The van der Waals surface area contributed by atoms with Crippen molar-refractivity contribution in [1.29, 1.82) is 0 Å². The molecule has 1 aromatic carbocycles. The fourth-order valence-corrected chi connectivity index (χ4v) is 3.92. The van der Waals surface area contributed by atoms with Crippen LogP contribution in [0.1, 0.15) is 51.9 Å². The van der Waals surface area contributed by atoms with Gasteiger partial charge in [-0.2, -0.15) is 5.06 Å². The van der Waals surface area contributed by atoms with Crippen LogP contribution in [0.2, 0.25) is 0 Å². The van der Waals surface area contributed by atoms with Crippen LogP contribution in [-0.4, -0.2) is 34.5 Å². The number of aromatic amines is 1. The number of piperidine rings is 1. The van der Waals surface area contributed by atoms with Crippen molar-refractivity contribution in [3.05, 3.63) is 24.0 Å². The number of hydrogen-bond acceptors (Lipinski definition) is 3. The Hall–Kier alpha value is -1.33. The van der Waals surface area contributed by atoms with Crippen LogP contribution in [0.15, 0.2) is 18.2 Å². The quantitative estimate of drug-likeness (QED) is 0.866. The van der Waals surface area contributed by atoms with Crippen LogP contribution in [0.4, 0.5) is 0 Å². The first kappa shape index (κ1) is 14.3. The first-order chi connectivity index (χ1) is 10.4. The van der Waals surface area contributed by atoms with Crippen LogP contribution in [0.5, 0.6) is 0 Å². The number of nitrogens with zero attached hydrogens (tertiary/aromatic N) is 2. The molecule has 22 heavy (non-hydrogen) atoms. The molecule has 0 unspecified atom stereocenters. The van der Waals surface area contributed by atoms with Gasteiger partial charge in [0, 0.05) is 6.04 Å². The maximum absolute atomic E-state index is 6.27. The van der Waals surface area contributed by atoms with Crippen molar-refractivity contribution in [2.45, 2.75) is 57.7 Å². The lowest BCUT2D eigenvalue weighted by molar-refractivity contribution is -0.267. The second-order valence-electron chi connectivity index (χ2n) is 7.63. The number of H-pyrrole nitrogens is 1. The van der Waals surface area contributed by atoms with E-state index in [0.29, 0.717) is 12.0 Å². The third-order valence-corrected chi connectivity index (χ3v) is 4.71. The second kappa shape index (κ2) is 4.83. The predicted molar refractivity (Wildman–Crippen MR) is 88.0 cm³/mol. The minimum absolute atomic E-state index is 0.181. The normalized spacial score (nSPS) is 28.8. The van der Waals surface area contributed by atoms with Gasteiger partial charge in [-0.3, -0.25) is 4.84 Å². The molecule has 4 rings (SSSR count). The fourth-order valence-electron chi connectivity index (χ4n) is 3.92. The minimum atomic E-state index is -0.181. The summed E-state index contributed by atoms with van der Waals surface area (Å²) in [7, 11) is 5.87. The maximum Gasteiger partial charge on any atom is 0.127 e. The lowest BCUT2D eigenvalue weighted by Crippen LogP contribution is -2.41. The molecule has 3 atom stereocenters. The Morgan fingerprint density at radius 2 is 2.14 bits per heavy atom. The minimum Gasteiger partial charge on any atom is -0.341 e. The van der Waals surface area contributed by atoms with Crippen molar-refractivity contribution in [2.24, 2.45) is 5.92 Å². The number of rotatable bonds is 2. The summed E-state index contributed by atoms with van der Waals surface area (Å²) in [6, 6.07) is 6.58. The van der Waals surface area contributed by atoms with Crippen LogP contribution in [0.3, 0.4) is 0 Å². The largest absolute Gasteiger partial charge is 0.341 e. The van der Waals surface area contributed by atoms with E-state index in [1.807, 2.05) is 18.2 Å². The number of nitrogens with one attached hydrogen (secondary N) is 1. The van der Waals surface area contributed by atoms with Gasteiger partial charge in [0.1, 0.15) is 13.7 Å². The number of benzene rings is 1. The van der Waals surface area contributed by atoms with Gasteiger partial charge >= 0.3 is 0 Å². The zero-order valence-electron chi connectivity index (χ0n) is 13.5. The molecular formula is C17H22BN3O. The number of imidazole rings is 1. The highest BCUT2D eigenvalue weighted by atomic mass is 16.7. The summed E-state index contributed by atoms with van der Waals surface area (Å²) in [5.74, 6) is 1.64. The molecule has 1 saturated carbocycles. The van der Waals surface area contributed by atoms with E-state index in [9.17, 15) is 0 Å². The molecule has 2 aromatic rings. The number of fused-ring (bicyclic) bond motifs is 3. The summed E-state index contributed by atoms with van der Waals surface area (Å²) < 4.78 is 0. The Balaban J connectivity index is 1.71. The molecule has 5 heteroatoms. The molecule has 2 aliphatic rings. The van der Waals surface area contributed by atoms with Gasteiger partial charge < -0.3 is 4.98 Å². The average Bonchev–Trinajstić information content (AvgIpc) is 3.09. The van der Waals surface area contributed by atoms with Crippen molar-refractivity contribution < 1.29 is 4.84 Å². The Bertz CT molecular complexity index is 705. The molecule has 4 nitrogen and oxygen atoms in total. The van der Waals surface area contributed by atoms with Gasteiger partial charge in [-0.1, -0.05) is 11.5 Å². The van der Waals surface area contributed by atoms with E-state index in [4.69, 9.17) is 17.7 Å². The van der Waals surface area contributed by atoms with Crippen molar-refractivity contribution in [1.82, 2.24) is 15.0 Å². The van der Waals surface area contributed by atoms with Crippen molar-refractivity contribution in [3.8, 4) is 0 Å². The summed E-state index contributed by atoms with van der Waals surface area (Å²) >= 11 is 0. The van der Waals surface area contributed by atoms with Gasteiger partial charge in [0.2, 0.25) is 0 Å². The molecule has 1 saturated heterocycles. The Morgan fingerprint density at radius 3 is 2.91 bits per heavy atom. The molecule has 1 aliphatic heterocycles. The highest BCUT2D eigenvalue weighted by molar-refractivity contribution is 6.33. The standard InChI is InChI=1S/C17H22BN3O/c1-17(2,3)22-21-12-6-4-10(8-12)15(21)16-19-13-7-5-11(18)9-14(13)20-16/h5,7,9-10,12,15H,4,6,8H2,1-3H3,(H,19,20)/t10-,12+,15-/m0/s1. The molecule has 0 spiro atoms. The number of hydrogen-bond donors (Lipinski definition) is 1. The van der Waals surface area contributed by atoms with E-state index < -0.39 is 0 Å². The van der Waals surface area contributed by atoms with Crippen LogP contribution in [0, 0.1) is 5.92 Å². The topological polar surface area (TPSA) is 41.2 Å². The summed E-state index contributed by atoms with van der Waals surface area (Å²) in [5, 5.41) is 2.20. The Kier molecular flexibility index (Phi) is 3.14. The van der Waals surface area contributed by atoms with E-state index in [2.05, 4.69) is 30.8 Å². The predicted octanol–water partition coefficient (Wildman–Crippen LogP) is 2.61. The first-order valence-corrected chi connectivity index (χ1v) is 8.13. The van der Waals surface area contributed by atoms with E-state index in [1.54, 1.807) is 0 Å². The summed E-state index contributed by atoms with van der Waals surface area (Å²) in [6.07, 6.45) is 3.70. The zero-order chi connectivity index (χ0) is 15.5. The molecule has 2 radical (unpaired) electrons.